The fourth-order valence-electron chi connectivity index (χ4n) is 1.86. The summed E-state index contributed by atoms with van der Waals surface area (Å²) >= 11 is 0. The summed E-state index contributed by atoms with van der Waals surface area (Å²) in [7, 11) is 1.32. The van der Waals surface area contributed by atoms with Crippen molar-refractivity contribution in [2.45, 2.75) is 6.61 Å². The Morgan fingerprint density at radius 3 is 2.39 bits per heavy atom. The van der Waals surface area contributed by atoms with Crippen molar-refractivity contribution in [2.75, 3.05) is 7.11 Å². The number of methoxy groups -OCH3 is 1. The minimum atomic E-state index is -2.95. The average molecular weight is 322 g/mol. The molecule has 0 aromatic heterocycles. The molecule has 0 aliphatic rings. The van der Waals surface area contributed by atoms with Crippen molar-refractivity contribution in [1.82, 2.24) is 0 Å². The number of carbonyl (C=O) groups is 1. The predicted octanol–water partition coefficient (Wildman–Crippen LogP) is 4.33. The van der Waals surface area contributed by atoms with E-state index < -0.39 is 12.4 Å². The number of ketones is 1. The average Bonchev–Trinajstić information content (AvgIpc) is 2.53. The Bertz CT molecular complexity index is 710. The molecule has 0 fully saturated rings. The number of allylic oxidation sites excluding steroid dienone is 1. The Balaban J connectivity index is 2.15. The molecule has 0 aliphatic heterocycles. The third-order valence-corrected chi connectivity index (χ3v) is 2.96. The van der Waals surface area contributed by atoms with Crippen molar-refractivity contribution < 1.29 is 27.4 Å². The molecule has 2 aromatic rings. The van der Waals surface area contributed by atoms with Gasteiger partial charge in [0.15, 0.2) is 17.3 Å². The van der Waals surface area contributed by atoms with E-state index in [1.807, 2.05) is 0 Å². The first-order valence-electron chi connectivity index (χ1n) is 6.60. The fourth-order valence-corrected chi connectivity index (χ4v) is 1.86. The molecule has 0 saturated carbocycles. The molecular formula is C17H13F3O3. The zero-order valence-corrected chi connectivity index (χ0v) is 12.1. The molecule has 0 N–H and O–H groups in total. The second-order valence-electron chi connectivity index (χ2n) is 4.49. The van der Waals surface area contributed by atoms with Gasteiger partial charge in [0, 0.05) is 5.56 Å². The number of rotatable bonds is 6. The minimum Gasteiger partial charge on any atom is -0.493 e. The van der Waals surface area contributed by atoms with Crippen LogP contribution in [-0.4, -0.2) is 19.5 Å². The molecule has 2 aromatic carbocycles. The number of benzene rings is 2. The van der Waals surface area contributed by atoms with Crippen molar-refractivity contribution in [3.8, 4) is 11.5 Å². The summed E-state index contributed by atoms with van der Waals surface area (Å²) in [5.74, 6) is -0.701. The molecule has 2 rings (SSSR count). The van der Waals surface area contributed by atoms with Crippen LogP contribution in [0.2, 0.25) is 0 Å². The van der Waals surface area contributed by atoms with Gasteiger partial charge in [0.2, 0.25) is 0 Å². The molecule has 0 radical (unpaired) electrons. The highest BCUT2D eigenvalue weighted by Crippen LogP contribution is 2.29. The quantitative estimate of drug-likeness (QED) is 0.586. The van der Waals surface area contributed by atoms with Crippen LogP contribution >= 0.6 is 0 Å². The summed E-state index contributed by atoms with van der Waals surface area (Å²) in [5.41, 5.74) is 0.909. The molecule has 0 bridgehead atoms. The maximum Gasteiger partial charge on any atom is 0.387 e. The summed E-state index contributed by atoms with van der Waals surface area (Å²) in [6, 6.07) is 9.44. The first-order valence-corrected chi connectivity index (χ1v) is 6.60. The molecule has 0 atom stereocenters. The first kappa shape index (κ1) is 16.6. The minimum absolute atomic E-state index is 0.0930. The lowest BCUT2D eigenvalue weighted by molar-refractivity contribution is -0.0512. The summed E-state index contributed by atoms with van der Waals surface area (Å²) < 4.78 is 46.6. The maximum atomic E-state index is 12.8. The summed E-state index contributed by atoms with van der Waals surface area (Å²) in [6.45, 7) is -2.95. The van der Waals surface area contributed by atoms with Crippen LogP contribution in [-0.2, 0) is 0 Å². The van der Waals surface area contributed by atoms with Gasteiger partial charge < -0.3 is 9.47 Å². The lowest BCUT2D eigenvalue weighted by Gasteiger charge is -2.10. The molecular weight excluding hydrogens is 309 g/mol. The predicted molar refractivity (Wildman–Crippen MR) is 79.4 cm³/mol. The first-order chi connectivity index (χ1) is 11.0. The standard InChI is InChI=1S/C17H13F3O3/c1-22-16-10-11(3-9-15(16)23-17(19)20)2-8-14(21)12-4-6-13(18)7-5-12/h2-10,17H,1H3/b8-2+. The highest BCUT2D eigenvalue weighted by molar-refractivity contribution is 6.06. The van der Waals surface area contributed by atoms with E-state index >= 15 is 0 Å². The van der Waals surface area contributed by atoms with Gasteiger partial charge in [0.1, 0.15) is 5.82 Å². The van der Waals surface area contributed by atoms with E-state index in [1.54, 1.807) is 0 Å². The van der Waals surface area contributed by atoms with E-state index in [0.29, 0.717) is 11.1 Å². The molecule has 0 saturated heterocycles. The lowest BCUT2D eigenvalue weighted by Crippen LogP contribution is -2.03. The van der Waals surface area contributed by atoms with E-state index in [1.165, 1.54) is 61.7 Å². The zero-order valence-electron chi connectivity index (χ0n) is 12.1. The van der Waals surface area contributed by atoms with Crippen molar-refractivity contribution >= 4 is 11.9 Å². The highest BCUT2D eigenvalue weighted by Gasteiger charge is 2.10. The summed E-state index contributed by atoms with van der Waals surface area (Å²) in [5, 5.41) is 0. The molecule has 0 spiro atoms. The van der Waals surface area contributed by atoms with E-state index in [9.17, 15) is 18.0 Å². The van der Waals surface area contributed by atoms with Crippen LogP contribution < -0.4 is 9.47 Å². The Labute approximate surface area is 131 Å². The third-order valence-electron chi connectivity index (χ3n) is 2.96. The molecule has 3 nitrogen and oxygen atoms in total. The van der Waals surface area contributed by atoms with Gasteiger partial charge >= 0.3 is 6.61 Å². The Kier molecular flexibility index (Phi) is 5.41. The SMILES string of the molecule is COc1cc(/C=C/C(=O)c2ccc(F)cc2)ccc1OC(F)F. The van der Waals surface area contributed by atoms with Gasteiger partial charge in [-0.2, -0.15) is 8.78 Å². The van der Waals surface area contributed by atoms with Crippen LogP contribution in [0.5, 0.6) is 11.5 Å². The Morgan fingerprint density at radius 1 is 1.09 bits per heavy atom. The van der Waals surface area contributed by atoms with Crippen LogP contribution in [0, 0.1) is 5.82 Å². The Hall–Kier alpha value is -2.76. The van der Waals surface area contributed by atoms with Crippen LogP contribution in [0.15, 0.2) is 48.5 Å². The third kappa shape index (κ3) is 4.60. The topological polar surface area (TPSA) is 35.5 Å². The highest BCUT2D eigenvalue weighted by atomic mass is 19.3. The molecule has 23 heavy (non-hydrogen) atoms. The number of carbonyl (C=O) groups excluding carboxylic acids is 1. The summed E-state index contributed by atoms with van der Waals surface area (Å²) in [6.07, 6.45) is 2.80. The Morgan fingerprint density at radius 2 is 1.78 bits per heavy atom. The number of hydrogen-bond donors (Lipinski definition) is 0. The molecule has 120 valence electrons. The van der Waals surface area contributed by atoms with Crippen LogP contribution in [0.25, 0.3) is 6.08 Å². The van der Waals surface area contributed by atoms with Crippen molar-refractivity contribution in [2.24, 2.45) is 0 Å². The van der Waals surface area contributed by atoms with Gasteiger partial charge in [-0.1, -0.05) is 12.1 Å². The van der Waals surface area contributed by atoms with Crippen LogP contribution in [0.3, 0.4) is 0 Å². The van der Waals surface area contributed by atoms with Gasteiger partial charge in [-0.25, -0.2) is 4.39 Å². The molecule has 0 heterocycles. The van der Waals surface area contributed by atoms with E-state index in [-0.39, 0.29) is 17.3 Å². The normalized spacial score (nSPS) is 11.0. The molecule has 0 amide bonds. The smallest absolute Gasteiger partial charge is 0.387 e. The van der Waals surface area contributed by atoms with E-state index in [2.05, 4.69) is 4.74 Å². The van der Waals surface area contributed by atoms with E-state index in [4.69, 9.17) is 4.74 Å². The van der Waals surface area contributed by atoms with Gasteiger partial charge in [-0.05, 0) is 48.0 Å². The van der Waals surface area contributed by atoms with Crippen LogP contribution in [0.1, 0.15) is 15.9 Å². The fraction of sp³-hybridized carbons (Fsp3) is 0.118. The maximum absolute atomic E-state index is 12.8. The number of hydrogen-bond acceptors (Lipinski definition) is 3. The summed E-state index contributed by atoms with van der Waals surface area (Å²) in [4.78, 5) is 11.9. The second kappa shape index (κ2) is 7.49. The monoisotopic (exact) mass is 322 g/mol. The van der Waals surface area contributed by atoms with Gasteiger partial charge in [-0.3, -0.25) is 4.79 Å². The van der Waals surface area contributed by atoms with Crippen molar-refractivity contribution in [3.05, 3.63) is 65.5 Å². The lowest BCUT2D eigenvalue weighted by atomic mass is 10.1. The molecule has 6 heteroatoms. The van der Waals surface area contributed by atoms with Crippen molar-refractivity contribution in [3.63, 3.8) is 0 Å². The van der Waals surface area contributed by atoms with Gasteiger partial charge in [0.05, 0.1) is 7.11 Å². The van der Waals surface area contributed by atoms with E-state index in [0.717, 1.165) is 0 Å². The van der Waals surface area contributed by atoms with Gasteiger partial charge in [0.25, 0.3) is 0 Å². The number of alkyl halides is 2. The van der Waals surface area contributed by atoms with Gasteiger partial charge in [-0.15, -0.1) is 0 Å². The van der Waals surface area contributed by atoms with Crippen molar-refractivity contribution in [1.29, 1.82) is 0 Å². The largest absolute Gasteiger partial charge is 0.493 e. The van der Waals surface area contributed by atoms with Crippen LogP contribution in [0.4, 0.5) is 13.2 Å². The number of ether oxygens (including phenoxy) is 2. The molecule has 0 unspecified atom stereocenters. The molecule has 0 aliphatic carbocycles. The second-order valence-corrected chi connectivity index (χ2v) is 4.49. The zero-order chi connectivity index (χ0) is 16.8. The number of halogens is 3.